The van der Waals surface area contributed by atoms with Gasteiger partial charge in [0.25, 0.3) is 0 Å². The number of ether oxygens (including phenoxy) is 1. The van der Waals surface area contributed by atoms with Gasteiger partial charge in [-0.05, 0) is 37.5 Å². The van der Waals surface area contributed by atoms with Gasteiger partial charge in [-0.25, -0.2) is 0 Å². The fourth-order valence-corrected chi connectivity index (χ4v) is 2.27. The smallest absolute Gasteiger partial charge is 0.130 e. The van der Waals surface area contributed by atoms with Gasteiger partial charge in [-0.15, -0.1) is 0 Å². The van der Waals surface area contributed by atoms with Crippen molar-refractivity contribution in [2.24, 2.45) is 0 Å². The number of carbonyl (C=O) groups excluding carboxylic acids is 1. The summed E-state index contributed by atoms with van der Waals surface area (Å²) in [6, 6.07) is 6.46. The predicted octanol–water partition coefficient (Wildman–Crippen LogP) is 2.55. The van der Waals surface area contributed by atoms with Crippen LogP contribution in [-0.4, -0.2) is 19.0 Å². The first-order valence-electron chi connectivity index (χ1n) is 5.68. The molecule has 16 heavy (non-hydrogen) atoms. The van der Waals surface area contributed by atoms with Crippen molar-refractivity contribution < 1.29 is 9.53 Å². The molecule has 0 amide bonds. The topological polar surface area (TPSA) is 26.3 Å². The van der Waals surface area contributed by atoms with Crippen molar-refractivity contribution in [3.8, 4) is 0 Å². The van der Waals surface area contributed by atoms with E-state index < -0.39 is 0 Å². The molecule has 0 spiro atoms. The van der Waals surface area contributed by atoms with E-state index in [2.05, 4.69) is 32.0 Å². The number of aryl methyl sites for hydroxylation is 2. The van der Waals surface area contributed by atoms with Crippen molar-refractivity contribution in [3.05, 3.63) is 34.9 Å². The van der Waals surface area contributed by atoms with Crippen LogP contribution in [0.5, 0.6) is 0 Å². The zero-order valence-corrected chi connectivity index (χ0v) is 10.2. The highest BCUT2D eigenvalue weighted by atomic mass is 16.5. The summed E-state index contributed by atoms with van der Waals surface area (Å²) in [5.74, 6) is 0.238. The monoisotopic (exact) mass is 218 g/mol. The summed E-state index contributed by atoms with van der Waals surface area (Å²) in [4.78, 5) is 11.3. The molecule has 2 nitrogen and oxygen atoms in total. The third-order valence-corrected chi connectivity index (χ3v) is 3.46. The van der Waals surface area contributed by atoms with E-state index in [9.17, 15) is 4.79 Å². The van der Waals surface area contributed by atoms with Crippen molar-refractivity contribution in [1.82, 2.24) is 0 Å². The van der Waals surface area contributed by atoms with Crippen LogP contribution in [0.3, 0.4) is 0 Å². The van der Waals surface area contributed by atoms with Crippen molar-refractivity contribution in [2.75, 3.05) is 13.2 Å². The lowest BCUT2D eigenvalue weighted by Crippen LogP contribution is -2.48. The third kappa shape index (κ3) is 1.90. The van der Waals surface area contributed by atoms with Crippen LogP contribution < -0.4 is 0 Å². The molecular formula is C14H18O2. The number of benzene rings is 1. The lowest BCUT2D eigenvalue weighted by atomic mass is 9.74. The van der Waals surface area contributed by atoms with Crippen LogP contribution in [0.4, 0.5) is 0 Å². The van der Waals surface area contributed by atoms with Gasteiger partial charge in [0, 0.05) is 11.8 Å². The van der Waals surface area contributed by atoms with Crippen LogP contribution in [0.2, 0.25) is 0 Å². The van der Waals surface area contributed by atoms with E-state index in [1.165, 1.54) is 16.7 Å². The van der Waals surface area contributed by atoms with E-state index in [4.69, 9.17) is 4.74 Å². The molecule has 1 aromatic carbocycles. The Balaban J connectivity index is 2.33. The lowest BCUT2D eigenvalue weighted by molar-refractivity contribution is -0.125. The minimum absolute atomic E-state index is 0.0513. The molecule has 1 aliphatic heterocycles. The quantitative estimate of drug-likeness (QED) is 0.779. The molecule has 1 heterocycles. The second kappa shape index (κ2) is 4.02. The summed E-state index contributed by atoms with van der Waals surface area (Å²) >= 11 is 0. The van der Waals surface area contributed by atoms with Gasteiger partial charge in [0.05, 0.1) is 13.2 Å². The molecule has 1 aromatic rings. The molecule has 1 aliphatic rings. The maximum atomic E-state index is 11.3. The second-order valence-electron chi connectivity index (χ2n) is 4.95. The molecule has 2 heteroatoms. The van der Waals surface area contributed by atoms with Crippen molar-refractivity contribution >= 4 is 5.78 Å². The molecule has 0 bridgehead atoms. The van der Waals surface area contributed by atoms with Crippen LogP contribution in [0.25, 0.3) is 0 Å². The van der Waals surface area contributed by atoms with Crippen LogP contribution in [0.1, 0.15) is 30.0 Å². The Bertz CT molecular complexity index is 417. The Morgan fingerprint density at radius 1 is 1.31 bits per heavy atom. The molecular weight excluding hydrogens is 200 g/mol. The number of carbonyl (C=O) groups is 1. The zero-order chi connectivity index (χ0) is 11.8. The highest BCUT2D eigenvalue weighted by Crippen LogP contribution is 2.36. The Kier molecular flexibility index (Phi) is 2.85. The van der Waals surface area contributed by atoms with Gasteiger partial charge in [0.1, 0.15) is 5.78 Å². The SMILES string of the molecule is CC(=O)CC1(c2ccc(C)c(C)c2)COC1. The molecule has 0 aromatic heterocycles. The van der Waals surface area contributed by atoms with E-state index in [1.807, 2.05) is 0 Å². The Labute approximate surface area is 96.6 Å². The molecule has 0 atom stereocenters. The van der Waals surface area contributed by atoms with E-state index in [1.54, 1.807) is 6.92 Å². The third-order valence-electron chi connectivity index (χ3n) is 3.46. The predicted molar refractivity (Wildman–Crippen MR) is 63.7 cm³/mol. The molecule has 1 saturated heterocycles. The number of rotatable bonds is 3. The summed E-state index contributed by atoms with van der Waals surface area (Å²) in [6.07, 6.45) is 0.593. The fourth-order valence-electron chi connectivity index (χ4n) is 2.27. The largest absolute Gasteiger partial charge is 0.379 e. The standard InChI is InChI=1S/C14H18O2/c1-10-4-5-13(6-11(10)2)14(7-12(3)15)8-16-9-14/h4-6H,7-9H2,1-3H3. The minimum atomic E-state index is -0.0513. The van der Waals surface area contributed by atoms with Gasteiger partial charge in [-0.2, -0.15) is 0 Å². The van der Waals surface area contributed by atoms with Gasteiger partial charge in [0.2, 0.25) is 0 Å². The molecule has 0 radical (unpaired) electrons. The first-order valence-corrected chi connectivity index (χ1v) is 5.68. The molecule has 2 rings (SSSR count). The number of hydrogen-bond acceptors (Lipinski definition) is 2. The Morgan fingerprint density at radius 3 is 2.44 bits per heavy atom. The van der Waals surface area contributed by atoms with Crippen LogP contribution >= 0.6 is 0 Å². The Hall–Kier alpha value is -1.15. The van der Waals surface area contributed by atoms with Gasteiger partial charge >= 0.3 is 0 Å². The highest BCUT2D eigenvalue weighted by molar-refractivity contribution is 5.77. The minimum Gasteiger partial charge on any atom is -0.379 e. The molecule has 0 unspecified atom stereocenters. The maximum absolute atomic E-state index is 11.3. The normalized spacial score (nSPS) is 17.9. The lowest BCUT2D eigenvalue weighted by Gasteiger charge is -2.41. The summed E-state index contributed by atoms with van der Waals surface area (Å²) in [5, 5.41) is 0. The fraction of sp³-hybridized carbons (Fsp3) is 0.500. The summed E-state index contributed by atoms with van der Waals surface area (Å²) in [7, 11) is 0. The van der Waals surface area contributed by atoms with Crippen LogP contribution in [-0.2, 0) is 14.9 Å². The van der Waals surface area contributed by atoms with Crippen molar-refractivity contribution in [2.45, 2.75) is 32.6 Å². The first kappa shape index (κ1) is 11.3. The first-order chi connectivity index (χ1) is 7.53. The molecule has 1 fully saturated rings. The van der Waals surface area contributed by atoms with Gasteiger partial charge in [0.15, 0.2) is 0 Å². The number of hydrogen-bond donors (Lipinski definition) is 0. The van der Waals surface area contributed by atoms with Gasteiger partial charge in [-0.3, -0.25) is 4.79 Å². The molecule has 0 aliphatic carbocycles. The summed E-state index contributed by atoms with van der Waals surface area (Å²) in [5.41, 5.74) is 3.77. The highest BCUT2D eigenvalue weighted by Gasteiger charge is 2.41. The van der Waals surface area contributed by atoms with Gasteiger partial charge in [-0.1, -0.05) is 18.2 Å². The Morgan fingerprint density at radius 2 is 2.00 bits per heavy atom. The number of Topliss-reactive ketones (excluding diaryl/α,β-unsaturated/α-hetero) is 1. The molecule has 0 N–H and O–H groups in total. The summed E-state index contributed by atoms with van der Waals surface area (Å²) < 4.78 is 5.31. The average Bonchev–Trinajstić information content (AvgIpc) is 2.16. The van der Waals surface area contributed by atoms with Crippen molar-refractivity contribution in [1.29, 1.82) is 0 Å². The maximum Gasteiger partial charge on any atom is 0.130 e. The zero-order valence-electron chi connectivity index (χ0n) is 10.2. The average molecular weight is 218 g/mol. The molecule has 0 saturated carbocycles. The van der Waals surface area contributed by atoms with E-state index >= 15 is 0 Å². The van der Waals surface area contributed by atoms with E-state index in [0.29, 0.717) is 19.6 Å². The van der Waals surface area contributed by atoms with E-state index in [0.717, 1.165) is 0 Å². The van der Waals surface area contributed by atoms with Crippen LogP contribution in [0.15, 0.2) is 18.2 Å². The molecule has 86 valence electrons. The van der Waals surface area contributed by atoms with E-state index in [-0.39, 0.29) is 11.2 Å². The number of ketones is 1. The van der Waals surface area contributed by atoms with Gasteiger partial charge < -0.3 is 4.74 Å². The summed E-state index contributed by atoms with van der Waals surface area (Å²) in [6.45, 7) is 7.22. The second-order valence-corrected chi connectivity index (χ2v) is 4.95. The van der Waals surface area contributed by atoms with Crippen LogP contribution in [0, 0.1) is 13.8 Å². The van der Waals surface area contributed by atoms with Crippen molar-refractivity contribution in [3.63, 3.8) is 0 Å².